The third-order valence-corrected chi connectivity index (χ3v) is 4.61. The first kappa shape index (κ1) is 17.7. The number of rotatable bonds is 4. The van der Waals surface area contributed by atoms with Gasteiger partial charge in [-0.15, -0.1) is 0 Å². The fraction of sp³-hybridized carbons (Fsp3) is 0.500. The van der Waals surface area contributed by atoms with Gasteiger partial charge in [-0.05, 0) is 37.5 Å². The smallest absolute Gasteiger partial charge is 0.255 e. The molecule has 1 saturated heterocycles. The number of aryl methyl sites for hydroxylation is 1. The predicted molar refractivity (Wildman–Crippen MR) is 98.1 cm³/mol. The molecule has 1 aliphatic heterocycles. The molecule has 2 aromatic rings. The summed E-state index contributed by atoms with van der Waals surface area (Å²) in [5.41, 5.74) is 2.33. The lowest BCUT2D eigenvalue weighted by Crippen LogP contribution is -2.49. The summed E-state index contributed by atoms with van der Waals surface area (Å²) in [6.07, 6.45) is 0.946. The van der Waals surface area contributed by atoms with Crippen molar-refractivity contribution in [1.29, 1.82) is 0 Å². The number of nitrogens with zero attached hydrogens (tertiary/aromatic N) is 2. The van der Waals surface area contributed by atoms with Gasteiger partial charge in [0.2, 0.25) is 0 Å². The van der Waals surface area contributed by atoms with Crippen LogP contribution in [0.2, 0.25) is 0 Å². The van der Waals surface area contributed by atoms with Gasteiger partial charge >= 0.3 is 0 Å². The molecule has 2 heterocycles. The summed E-state index contributed by atoms with van der Waals surface area (Å²) in [5.74, 6) is 1.32. The van der Waals surface area contributed by atoms with Crippen LogP contribution in [-0.4, -0.2) is 48.7 Å². The molecule has 5 nitrogen and oxygen atoms in total. The average Bonchev–Trinajstić information content (AvgIpc) is 2.59. The number of ether oxygens (including phenoxy) is 2. The Morgan fingerprint density at radius 1 is 1.40 bits per heavy atom. The lowest BCUT2D eigenvalue weighted by Gasteiger charge is -2.37. The van der Waals surface area contributed by atoms with Crippen LogP contribution in [0.1, 0.15) is 36.3 Å². The molecule has 0 bridgehead atoms. The van der Waals surface area contributed by atoms with Gasteiger partial charge in [0.15, 0.2) is 0 Å². The van der Waals surface area contributed by atoms with Crippen molar-refractivity contribution in [2.75, 3.05) is 26.9 Å². The lowest BCUT2D eigenvalue weighted by molar-refractivity contribution is -0.00737. The molecule has 0 aliphatic carbocycles. The lowest BCUT2D eigenvalue weighted by atomic mass is 10.00. The van der Waals surface area contributed by atoms with E-state index in [4.69, 9.17) is 9.47 Å². The first-order valence-corrected chi connectivity index (χ1v) is 8.83. The number of aromatic nitrogens is 1. The van der Waals surface area contributed by atoms with Gasteiger partial charge in [-0.3, -0.25) is 9.78 Å². The van der Waals surface area contributed by atoms with E-state index in [1.165, 1.54) is 0 Å². The minimum atomic E-state index is 0.0645. The Balaban J connectivity index is 2.00. The minimum Gasteiger partial charge on any atom is -0.497 e. The molecule has 1 aliphatic rings. The number of pyridine rings is 1. The molecule has 1 aromatic carbocycles. The maximum absolute atomic E-state index is 13.3. The van der Waals surface area contributed by atoms with Crippen LogP contribution in [0.5, 0.6) is 5.75 Å². The zero-order valence-corrected chi connectivity index (χ0v) is 15.4. The number of methoxy groups -OCH3 is 1. The number of hydrogen-bond acceptors (Lipinski definition) is 4. The summed E-state index contributed by atoms with van der Waals surface area (Å²) in [4.78, 5) is 19.9. The van der Waals surface area contributed by atoms with Crippen molar-refractivity contribution in [1.82, 2.24) is 9.88 Å². The van der Waals surface area contributed by atoms with Crippen LogP contribution in [0, 0.1) is 12.8 Å². The zero-order valence-electron chi connectivity index (χ0n) is 15.4. The second kappa shape index (κ2) is 7.40. The third kappa shape index (κ3) is 3.76. The van der Waals surface area contributed by atoms with E-state index < -0.39 is 0 Å². The standard InChI is InChI=1S/C20H26N2O3/c1-13(2)9-15-12-25-8-7-22(15)20(23)18-10-14(3)21-19-11-16(24-4)5-6-17(18)19/h5-6,10-11,13,15H,7-9,12H2,1-4H3/t15-/m0/s1. The van der Waals surface area contributed by atoms with Gasteiger partial charge in [-0.2, -0.15) is 0 Å². The van der Waals surface area contributed by atoms with Gasteiger partial charge in [0, 0.05) is 23.7 Å². The number of fused-ring (bicyclic) bond motifs is 1. The highest BCUT2D eigenvalue weighted by Crippen LogP contribution is 2.26. The first-order chi connectivity index (χ1) is 12.0. The molecule has 1 amide bonds. The molecule has 5 heteroatoms. The molecule has 1 fully saturated rings. The van der Waals surface area contributed by atoms with Crippen LogP contribution in [0.4, 0.5) is 0 Å². The van der Waals surface area contributed by atoms with Crippen molar-refractivity contribution in [3.63, 3.8) is 0 Å². The molecular weight excluding hydrogens is 316 g/mol. The average molecular weight is 342 g/mol. The second-order valence-corrected chi connectivity index (χ2v) is 7.05. The van der Waals surface area contributed by atoms with Crippen molar-refractivity contribution in [3.05, 3.63) is 35.5 Å². The topological polar surface area (TPSA) is 51.7 Å². The zero-order chi connectivity index (χ0) is 18.0. The van der Waals surface area contributed by atoms with E-state index in [1.807, 2.05) is 36.1 Å². The molecule has 1 aromatic heterocycles. The van der Waals surface area contributed by atoms with E-state index in [9.17, 15) is 4.79 Å². The van der Waals surface area contributed by atoms with E-state index in [0.717, 1.165) is 28.8 Å². The van der Waals surface area contributed by atoms with Crippen LogP contribution in [0.25, 0.3) is 10.9 Å². The van der Waals surface area contributed by atoms with Crippen LogP contribution in [0.3, 0.4) is 0 Å². The Labute approximate surface area is 148 Å². The Kier molecular flexibility index (Phi) is 5.23. The highest BCUT2D eigenvalue weighted by molar-refractivity contribution is 6.06. The van der Waals surface area contributed by atoms with Gasteiger partial charge in [-0.25, -0.2) is 0 Å². The number of hydrogen-bond donors (Lipinski definition) is 0. The van der Waals surface area contributed by atoms with E-state index in [0.29, 0.717) is 31.2 Å². The molecule has 0 unspecified atom stereocenters. The summed E-state index contributed by atoms with van der Waals surface area (Å²) >= 11 is 0. The fourth-order valence-electron chi connectivity index (χ4n) is 3.46. The summed E-state index contributed by atoms with van der Waals surface area (Å²) < 4.78 is 10.9. The molecular formula is C20H26N2O3. The quantitative estimate of drug-likeness (QED) is 0.854. The first-order valence-electron chi connectivity index (χ1n) is 8.83. The Bertz CT molecular complexity index is 773. The maximum Gasteiger partial charge on any atom is 0.255 e. The van der Waals surface area contributed by atoms with Crippen LogP contribution >= 0.6 is 0 Å². The summed E-state index contributed by atoms with van der Waals surface area (Å²) in [6, 6.07) is 7.69. The van der Waals surface area contributed by atoms with Crippen molar-refractivity contribution in [3.8, 4) is 5.75 Å². The number of benzene rings is 1. The molecule has 3 rings (SSSR count). The normalized spacial score (nSPS) is 18.0. The highest BCUT2D eigenvalue weighted by Gasteiger charge is 2.29. The molecule has 25 heavy (non-hydrogen) atoms. The van der Waals surface area contributed by atoms with Gasteiger partial charge in [0.25, 0.3) is 5.91 Å². The van der Waals surface area contributed by atoms with E-state index in [2.05, 4.69) is 18.8 Å². The van der Waals surface area contributed by atoms with Gasteiger partial charge in [0.05, 0.1) is 37.4 Å². The number of amides is 1. The highest BCUT2D eigenvalue weighted by atomic mass is 16.5. The molecule has 0 saturated carbocycles. The van der Waals surface area contributed by atoms with Gasteiger partial charge < -0.3 is 14.4 Å². The number of carbonyl (C=O) groups excluding carboxylic acids is 1. The number of morpholine rings is 1. The van der Waals surface area contributed by atoms with E-state index >= 15 is 0 Å². The molecule has 0 radical (unpaired) electrons. The van der Waals surface area contributed by atoms with Crippen molar-refractivity contribution >= 4 is 16.8 Å². The second-order valence-electron chi connectivity index (χ2n) is 7.05. The van der Waals surface area contributed by atoms with Crippen molar-refractivity contribution in [2.24, 2.45) is 5.92 Å². The van der Waals surface area contributed by atoms with E-state index in [-0.39, 0.29) is 11.9 Å². The SMILES string of the molecule is COc1ccc2c(C(=O)N3CCOC[C@@H]3CC(C)C)cc(C)nc2c1. The molecule has 0 spiro atoms. The number of carbonyl (C=O) groups is 1. The maximum atomic E-state index is 13.3. The van der Waals surface area contributed by atoms with Gasteiger partial charge in [0.1, 0.15) is 5.75 Å². The fourth-order valence-corrected chi connectivity index (χ4v) is 3.46. The summed E-state index contributed by atoms with van der Waals surface area (Å²) in [5, 5.41) is 0.867. The Morgan fingerprint density at radius 3 is 2.92 bits per heavy atom. The van der Waals surface area contributed by atoms with Crippen molar-refractivity contribution in [2.45, 2.75) is 33.2 Å². The van der Waals surface area contributed by atoms with Crippen LogP contribution in [-0.2, 0) is 4.74 Å². The molecule has 0 N–H and O–H groups in total. The Morgan fingerprint density at radius 2 is 2.20 bits per heavy atom. The minimum absolute atomic E-state index is 0.0645. The van der Waals surface area contributed by atoms with E-state index in [1.54, 1.807) is 7.11 Å². The van der Waals surface area contributed by atoms with Crippen LogP contribution < -0.4 is 4.74 Å². The van der Waals surface area contributed by atoms with Crippen LogP contribution in [0.15, 0.2) is 24.3 Å². The monoisotopic (exact) mass is 342 g/mol. The molecule has 1 atom stereocenters. The van der Waals surface area contributed by atoms with Gasteiger partial charge in [-0.1, -0.05) is 13.8 Å². The summed E-state index contributed by atoms with van der Waals surface area (Å²) in [7, 11) is 1.63. The summed E-state index contributed by atoms with van der Waals surface area (Å²) in [6.45, 7) is 8.11. The third-order valence-electron chi connectivity index (χ3n) is 4.61. The molecule has 134 valence electrons. The van der Waals surface area contributed by atoms with Crippen molar-refractivity contribution < 1.29 is 14.3 Å². The predicted octanol–water partition coefficient (Wildman–Crippen LogP) is 3.44. The Hall–Kier alpha value is -2.14. The largest absolute Gasteiger partial charge is 0.497 e.